The van der Waals surface area contributed by atoms with Crippen molar-refractivity contribution in [1.82, 2.24) is 20.0 Å². The monoisotopic (exact) mass is 1020 g/mol. The van der Waals surface area contributed by atoms with Crippen LogP contribution in [0.25, 0.3) is 22.3 Å². The molecule has 8 atom stereocenters. The highest BCUT2D eigenvalue weighted by Crippen LogP contribution is 2.46. The first-order valence-corrected chi connectivity index (χ1v) is 26.0. The highest BCUT2D eigenvalue weighted by molar-refractivity contribution is 5.83. The Morgan fingerprint density at radius 3 is 1.31 bits per heavy atom. The molecule has 3 amide bonds. The van der Waals surface area contributed by atoms with Crippen molar-refractivity contribution < 1.29 is 64.1 Å². The summed E-state index contributed by atoms with van der Waals surface area (Å²) in [5.41, 5.74) is 9.32. The van der Waals surface area contributed by atoms with Crippen molar-refractivity contribution in [2.75, 3.05) is 39.4 Å². The Kier molecular flexibility index (Phi) is 19.3. The van der Waals surface area contributed by atoms with Gasteiger partial charge >= 0.3 is 24.1 Å². The molecule has 0 aromatic heterocycles. The van der Waals surface area contributed by atoms with E-state index in [1.807, 2.05) is 86.6 Å². The molecule has 17 nitrogen and oxygen atoms in total. The number of likely N-dealkylation sites (tertiary alicyclic amines) is 3. The second kappa shape index (κ2) is 25.7. The number of aliphatic hydroxyl groups is 4. The van der Waals surface area contributed by atoms with Gasteiger partial charge in [-0.3, -0.25) is 14.5 Å². The van der Waals surface area contributed by atoms with Crippen molar-refractivity contribution in [1.29, 1.82) is 0 Å². The Bertz CT molecular complexity index is 2490. The molecule has 4 aliphatic heterocycles. The number of fused-ring (bicyclic) bond motifs is 6. The lowest BCUT2D eigenvalue weighted by atomic mass is 9.98. The van der Waals surface area contributed by atoms with Crippen LogP contribution in [0.1, 0.15) is 113 Å². The van der Waals surface area contributed by atoms with E-state index < -0.39 is 42.4 Å². The normalized spacial score (nSPS) is 24.2. The predicted molar refractivity (Wildman–Crippen MR) is 276 cm³/mol. The number of nitrogens with one attached hydrogen (secondary N) is 1. The number of carbonyl (C=O) groups is 5. The van der Waals surface area contributed by atoms with Gasteiger partial charge in [-0.25, -0.2) is 14.4 Å². The first kappa shape index (κ1) is 55.4. The third-order valence-corrected chi connectivity index (χ3v) is 15.0. The smallest absolute Gasteiger partial charge is 0.410 e. The summed E-state index contributed by atoms with van der Waals surface area (Å²) in [6, 6.07) is 32.3. The number of carboxylic acid groups (broad SMARTS) is 2. The van der Waals surface area contributed by atoms with Crippen molar-refractivity contribution in [3.05, 3.63) is 119 Å². The van der Waals surface area contributed by atoms with E-state index in [-0.39, 0.29) is 74.4 Å². The van der Waals surface area contributed by atoms with E-state index in [2.05, 4.69) is 36.5 Å². The number of hydrogen-bond acceptors (Lipinski definition) is 12. The van der Waals surface area contributed by atoms with Crippen LogP contribution in [0.5, 0.6) is 0 Å². The quantitative estimate of drug-likeness (QED) is 0.0840. The summed E-state index contributed by atoms with van der Waals surface area (Å²) in [6.07, 6.45) is 2.05. The Balaban J connectivity index is 0.000000155. The number of carbonyl (C=O) groups excluding carboxylic acids is 3. The zero-order chi connectivity index (χ0) is 53.1. The number of nitrogens with zero attached hydrogens (tertiary/aromatic N) is 3. The van der Waals surface area contributed by atoms with Crippen molar-refractivity contribution >= 4 is 30.0 Å². The van der Waals surface area contributed by atoms with Crippen LogP contribution in [0.2, 0.25) is 0 Å². The van der Waals surface area contributed by atoms with E-state index in [4.69, 9.17) is 19.7 Å². The molecule has 7 N–H and O–H groups in total. The van der Waals surface area contributed by atoms with Crippen LogP contribution in [-0.2, 0) is 23.9 Å². The minimum atomic E-state index is -1.13. The largest absolute Gasteiger partial charge is 0.481 e. The van der Waals surface area contributed by atoms with Crippen LogP contribution in [-0.4, -0.2) is 163 Å². The van der Waals surface area contributed by atoms with Gasteiger partial charge in [0.05, 0.1) is 43.9 Å². The SMILES string of the molecule is CC[C@@H]1C[C@@H](O)CN1.CC[C@@H]1C[C@@H](O)CN1C(=O)CCC(=O)O.CC[C@@H]1C[C@@H](O)CN1C(=O)OCC1c2ccccc2-c2ccccc21.O=C(O)[C@@H]1C[C@@H](O)CN1C(=O)OCC1c2ccccc2-c2ccccc21. The molecule has 398 valence electrons. The molecule has 0 spiro atoms. The average molecular weight is 1020 g/mol. The summed E-state index contributed by atoms with van der Waals surface area (Å²) in [7, 11) is 0. The van der Waals surface area contributed by atoms with Crippen LogP contribution in [0.3, 0.4) is 0 Å². The highest BCUT2D eigenvalue weighted by Gasteiger charge is 2.41. The zero-order valence-corrected chi connectivity index (χ0v) is 42.5. The van der Waals surface area contributed by atoms with E-state index in [1.165, 1.54) is 22.3 Å². The Morgan fingerprint density at radius 1 is 0.514 bits per heavy atom. The van der Waals surface area contributed by atoms with E-state index in [0.717, 1.165) is 59.4 Å². The average Bonchev–Trinajstić information content (AvgIpc) is 4.28. The van der Waals surface area contributed by atoms with Crippen molar-refractivity contribution in [2.24, 2.45) is 0 Å². The fraction of sp³-hybridized carbons (Fsp3) is 0.491. The zero-order valence-electron chi connectivity index (χ0n) is 42.5. The Hall–Kier alpha value is -6.37. The number of aliphatic carboxylic acids is 2. The van der Waals surface area contributed by atoms with Gasteiger partial charge in [0.1, 0.15) is 19.3 Å². The molecule has 4 fully saturated rings. The summed E-state index contributed by atoms with van der Waals surface area (Å²) in [4.78, 5) is 62.5. The minimum Gasteiger partial charge on any atom is -0.481 e. The van der Waals surface area contributed by atoms with Gasteiger partial charge in [-0.15, -0.1) is 0 Å². The van der Waals surface area contributed by atoms with E-state index in [1.54, 1.807) is 9.80 Å². The van der Waals surface area contributed by atoms with Gasteiger partial charge in [-0.1, -0.05) is 118 Å². The van der Waals surface area contributed by atoms with Crippen LogP contribution in [0.4, 0.5) is 9.59 Å². The van der Waals surface area contributed by atoms with Crippen LogP contribution in [0, 0.1) is 0 Å². The molecular formula is C57H72N4O13. The first-order chi connectivity index (χ1) is 35.6. The van der Waals surface area contributed by atoms with E-state index in [9.17, 15) is 44.4 Å². The molecule has 2 aliphatic carbocycles. The lowest BCUT2D eigenvalue weighted by Gasteiger charge is -2.24. The van der Waals surface area contributed by atoms with Crippen LogP contribution >= 0.6 is 0 Å². The molecule has 6 aliphatic rings. The molecule has 4 aromatic rings. The number of ether oxygens (including phenoxy) is 2. The maximum atomic E-state index is 12.5. The molecule has 4 heterocycles. The van der Waals surface area contributed by atoms with Gasteiger partial charge < -0.3 is 55.2 Å². The topological polar surface area (TPSA) is 247 Å². The number of rotatable bonds is 11. The molecule has 0 saturated carbocycles. The molecule has 4 aromatic carbocycles. The molecule has 0 unspecified atom stereocenters. The Morgan fingerprint density at radius 2 is 0.919 bits per heavy atom. The second-order valence-corrected chi connectivity index (χ2v) is 19.9. The van der Waals surface area contributed by atoms with Gasteiger partial charge in [0.25, 0.3) is 0 Å². The third kappa shape index (κ3) is 13.3. The number of hydrogen-bond donors (Lipinski definition) is 7. The van der Waals surface area contributed by atoms with Gasteiger partial charge in [0, 0.05) is 55.9 Å². The van der Waals surface area contributed by atoms with Gasteiger partial charge in [-0.05, 0) is 83.0 Å². The summed E-state index contributed by atoms with van der Waals surface area (Å²) < 4.78 is 11.1. The van der Waals surface area contributed by atoms with Crippen molar-refractivity contribution in [2.45, 2.75) is 139 Å². The molecular weight excluding hydrogens is 949 g/mol. The maximum absolute atomic E-state index is 12.5. The lowest BCUT2D eigenvalue weighted by Crippen LogP contribution is -2.41. The number of benzene rings is 4. The summed E-state index contributed by atoms with van der Waals surface area (Å²) in [5.74, 6) is -2.27. The first-order valence-electron chi connectivity index (χ1n) is 26.0. The van der Waals surface area contributed by atoms with Crippen molar-refractivity contribution in [3.8, 4) is 22.3 Å². The lowest BCUT2D eigenvalue weighted by molar-refractivity contribution is -0.142. The summed E-state index contributed by atoms with van der Waals surface area (Å²) in [5, 5.41) is 58.8. The fourth-order valence-electron chi connectivity index (χ4n) is 11.2. The van der Waals surface area contributed by atoms with Gasteiger partial charge in [0.2, 0.25) is 5.91 Å². The summed E-state index contributed by atoms with van der Waals surface area (Å²) in [6.45, 7) is 8.07. The van der Waals surface area contributed by atoms with E-state index >= 15 is 0 Å². The minimum absolute atomic E-state index is 0.0202. The highest BCUT2D eigenvalue weighted by atomic mass is 16.6. The maximum Gasteiger partial charge on any atom is 0.410 e. The Labute approximate surface area is 432 Å². The van der Waals surface area contributed by atoms with Crippen LogP contribution in [0.15, 0.2) is 97.1 Å². The number of carboxylic acids is 2. The molecule has 17 heteroatoms. The number of aliphatic hydroxyl groups excluding tert-OH is 4. The predicted octanol–water partition coefficient (Wildman–Crippen LogP) is 6.58. The van der Waals surface area contributed by atoms with Crippen molar-refractivity contribution in [3.63, 3.8) is 0 Å². The molecule has 0 radical (unpaired) electrons. The molecule has 0 bridgehead atoms. The number of amides is 3. The molecule has 74 heavy (non-hydrogen) atoms. The molecule has 10 rings (SSSR count). The standard InChI is InChI=1S/C21H23NO3.C20H19NO5.C10H17NO4.C6H13NO/c1-2-14-11-15(23)12-22(14)21(24)25-13-20-18-9-5-3-7-16(18)17-8-4-6-10-19(17)20;22-12-9-18(19(23)24)21(10-12)20(25)26-11-17-15-7-3-1-5-13(15)14-6-2-4-8-16(14)17;1-2-7-5-8(12)6-11(7)9(13)3-4-10(14)15;1-2-5-3-6(8)4-7-5/h3-10,14-15,20,23H,2,11-13H2,1H3;1-8,12,17-18,22H,9-11H2,(H,23,24);7-8,12H,2-6H2,1H3,(H,14,15);5-8H,2-4H2,1H3/t14-,15-;12-,18+;7-,8-;5-,6-/m1111/s1. The third-order valence-electron chi connectivity index (χ3n) is 15.0. The van der Waals surface area contributed by atoms with E-state index in [0.29, 0.717) is 38.6 Å². The van der Waals surface area contributed by atoms with Gasteiger partial charge in [0.15, 0.2) is 0 Å². The number of β-amino-alcohol motifs (C(OH)–C–C–N with tert-alkyl or cyclic N) is 4. The fourth-order valence-corrected chi connectivity index (χ4v) is 11.2. The van der Waals surface area contributed by atoms with Crippen LogP contribution < -0.4 is 5.32 Å². The molecule has 4 saturated heterocycles. The summed E-state index contributed by atoms with van der Waals surface area (Å²) >= 11 is 0. The second-order valence-electron chi connectivity index (χ2n) is 19.9. The van der Waals surface area contributed by atoms with Gasteiger partial charge in [-0.2, -0.15) is 0 Å².